The Morgan fingerprint density at radius 3 is 1.42 bits per heavy atom. The molecule has 5 nitrogen and oxygen atoms in total. The van der Waals surface area contributed by atoms with E-state index < -0.39 is 14.1 Å². The Morgan fingerprint density at radius 2 is 1.33 bits per heavy atom. The van der Waals surface area contributed by atoms with Crippen LogP contribution in [-0.2, 0) is 0 Å². The van der Waals surface area contributed by atoms with Crippen molar-refractivity contribution in [1.29, 1.82) is 0 Å². The fourth-order valence-corrected chi connectivity index (χ4v) is 0.313. The fraction of sp³-hybridized carbons (Fsp3) is 0. The van der Waals surface area contributed by atoms with Crippen molar-refractivity contribution in [3.8, 4) is 0 Å². The molecule has 0 aliphatic carbocycles. The topological polar surface area (TPSA) is 102 Å². The van der Waals surface area contributed by atoms with Gasteiger partial charge in [-0.1, -0.05) is 6.07 Å². The molecule has 0 amide bonds. The van der Waals surface area contributed by atoms with Gasteiger partial charge in [-0.15, -0.1) is 17.0 Å². The molecular weight excluding hydrogens is 298 g/mol. The van der Waals surface area contributed by atoms with Gasteiger partial charge in [-0.3, -0.25) is 4.98 Å². The van der Waals surface area contributed by atoms with Crippen LogP contribution >= 0.6 is 17.0 Å². The lowest BCUT2D eigenvalue weighted by Gasteiger charge is -1.96. The van der Waals surface area contributed by atoms with Crippen molar-refractivity contribution in [1.82, 2.24) is 4.98 Å². The van der Waals surface area contributed by atoms with Crippen LogP contribution in [0.4, 0.5) is 0 Å². The Hall–Kier alpha value is -0.0500. The Bertz CT molecular complexity index is 146. The zero-order valence-corrected chi connectivity index (χ0v) is 9.09. The summed E-state index contributed by atoms with van der Waals surface area (Å²) in [5.74, 6) is 0. The maximum atomic E-state index is 8.69. The summed E-state index contributed by atoms with van der Waals surface area (Å²) in [6, 6.07) is 5.72. The highest BCUT2D eigenvalue weighted by molar-refractivity contribution is 8.93. The minimum atomic E-state index is -5.38. The lowest BCUT2D eigenvalue weighted by Crippen LogP contribution is -2.58. The molecule has 0 saturated carbocycles. The monoisotopic (exact) mass is 303 g/mol. The van der Waals surface area contributed by atoms with Crippen molar-refractivity contribution >= 4 is 17.0 Å². The van der Waals surface area contributed by atoms with Gasteiger partial charge in [0.1, 0.15) is 0 Å². The van der Waals surface area contributed by atoms with Gasteiger partial charge in [-0.2, -0.15) is 0 Å². The van der Waals surface area contributed by atoms with E-state index in [9.17, 15) is 0 Å². The summed E-state index contributed by atoms with van der Waals surface area (Å²) in [6.45, 7) is 0. The van der Waals surface area contributed by atoms with Crippen LogP contribution in [-0.4, -0.2) is 9.18 Å². The van der Waals surface area contributed by atoms with E-state index in [2.05, 4.69) is 4.98 Å². The zero-order valence-electron chi connectivity index (χ0n) is 5.79. The van der Waals surface area contributed by atoms with E-state index >= 15 is 0 Å². The largest absolute Gasteiger partial charge is 0.265 e. The van der Waals surface area contributed by atoms with Crippen molar-refractivity contribution in [2.75, 3.05) is 0 Å². The predicted molar refractivity (Wildman–Crippen MR) is 36.8 cm³/mol. The molecule has 1 heterocycles. The molecule has 1 aromatic rings. The highest BCUT2D eigenvalue weighted by atomic mass is 80.0. The summed E-state index contributed by atoms with van der Waals surface area (Å²) < 4.78 is 33.1. The Morgan fingerprint density at radius 1 is 1.00 bits per heavy atom. The van der Waals surface area contributed by atoms with Gasteiger partial charge >= 0.3 is 0 Å². The number of aromatic nitrogens is 1. The average molecular weight is 305 g/mol. The number of halogens is 2. The molecule has 0 saturated heterocycles. The van der Waals surface area contributed by atoms with Crippen LogP contribution in [0.15, 0.2) is 30.6 Å². The summed E-state index contributed by atoms with van der Waals surface area (Å²) >= 11 is -5.38. The molecule has 1 N–H and O–H groups in total. The molecule has 0 spiro atoms. The van der Waals surface area contributed by atoms with Crippen LogP contribution in [0.25, 0.3) is 0 Å². The maximum absolute atomic E-state index is 8.69. The zero-order chi connectivity index (χ0) is 8.74. The Labute approximate surface area is 83.6 Å². The summed E-state index contributed by atoms with van der Waals surface area (Å²) in [6.07, 6.45) is 3.50. The third-order valence-corrected chi connectivity index (χ3v) is 0.566. The molecule has 0 radical (unpaired) electrons. The van der Waals surface area contributed by atoms with Crippen molar-refractivity contribution in [2.24, 2.45) is 0 Å². The maximum Gasteiger partial charge on any atom is 0.265 e. The minimum absolute atomic E-state index is 0. The first-order valence-corrected chi connectivity index (χ1v) is 5.13. The molecule has 70 valence electrons. The molecule has 0 fully saturated rings. The van der Waals surface area contributed by atoms with E-state index in [-0.39, 0.29) is 17.0 Å². The molecule has 1 aromatic heterocycles. The molecule has 12 heavy (non-hydrogen) atoms. The third kappa shape index (κ3) is 22.5. The molecule has 0 atom stereocenters. The summed E-state index contributed by atoms with van der Waals surface area (Å²) in [4.78, 5) is 3.78. The third-order valence-electron chi connectivity index (χ3n) is 0.566. The molecule has 0 aromatic carbocycles. The Balaban J connectivity index is 0. The smallest absolute Gasteiger partial charge is 0.265 e. The van der Waals surface area contributed by atoms with E-state index in [0.29, 0.717) is 0 Å². The van der Waals surface area contributed by atoms with Crippen molar-refractivity contribution in [3.05, 3.63) is 30.6 Å². The normalized spacial score (nSPS) is 9.00. The summed E-state index contributed by atoms with van der Waals surface area (Å²) in [7, 11) is 0. The number of nitrogens with zero attached hydrogens (tertiary/aromatic N) is 1. The van der Waals surface area contributed by atoms with E-state index in [4.69, 9.17) is 16.8 Å². The van der Waals surface area contributed by atoms with Crippen molar-refractivity contribution in [2.45, 2.75) is 0 Å². The molecule has 0 aliphatic heterocycles. The van der Waals surface area contributed by atoms with Crippen LogP contribution in [0.3, 0.4) is 0 Å². The summed E-state index contributed by atoms with van der Waals surface area (Å²) in [5.41, 5.74) is 0. The minimum Gasteiger partial charge on any atom is -0.265 e. The van der Waals surface area contributed by atoms with Crippen molar-refractivity contribution in [3.63, 3.8) is 0 Å². The van der Waals surface area contributed by atoms with Gasteiger partial charge in [0, 0.05) is 16.6 Å². The predicted octanol–water partition coefficient (Wildman–Crippen LogP) is -2.46. The standard InChI is InChI=1S/C5H5N.BrHO4.BrH/c1-2-4-6-5-3-1;2-1(3,4)5;/h1-5H;2H;1H. The Kier molecular flexibility index (Phi) is 9.16. The second kappa shape index (κ2) is 7.59. The van der Waals surface area contributed by atoms with Gasteiger partial charge in [-0.25, -0.2) is 12.6 Å². The molecule has 1 rings (SSSR count). The number of rotatable bonds is 0. The van der Waals surface area contributed by atoms with Crippen molar-refractivity contribution < 1.29 is 30.9 Å². The van der Waals surface area contributed by atoms with Crippen LogP contribution in [0.5, 0.6) is 0 Å². The lowest BCUT2D eigenvalue weighted by molar-refractivity contribution is -1.92. The van der Waals surface area contributed by atoms with Gasteiger partial charge in [0.05, 0.1) is 0 Å². The second-order valence-electron chi connectivity index (χ2n) is 1.42. The van der Waals surface area contributed by atoms with E-state index in [0.717, 1.165) is 0 Å². The second-order valence-corrected chi connectivity index (χ2v) is 3.08. The highest BCUT2D eigenvalue weighted by Gasteiger charge is 2.07. The molecular formula is C5H7Br2NO4. The van der Waals surface area contributed by atoms with Gasteiger partial charge in [0.25, 0.3) is 14.1 Å². The number of pyridine rings is 1. The van der Waals surface area contributed by atoms with Gasteiger partial charge in [-0.05, 0) is 12.1 Å². The average Bonchev–Trinajstić information content (AvgIpc) is 1.88. The SMILES string of the molecule is Br.[O-][Br+3]([O-])([O-])O.c1ccncc1. The highest BCUT2D eigenvalue weighted by Crippen LogP contribution is 1.73. The first kappa shape index (κ1) is 14.5. The lowest BCUT2D eigenvalue weighted by atomic mass is 10.5. The first-order chi connectivity index (χ1) is 5.00. The molecule has 0 aliphatic rings. The number of hydrogen-bond acceptors (Lipinski definition) is 5. The van der Waals surface area contributed by atoms with Gasteiger partial charge < -0.3 is 0 Å². The van der Waals surface area contributed by atoms with Crippen LogP contribution < -0.4 is 12.6 Å². The van der Waals surface area contributed by atoms with E-state index in [1.54, 1.807) is 12.4 Å². The van der Waals surface area contributed by atoms with Crippen LogP contribution in [0.1, 0.15) is 0 Å². The molecule has 0 unspecified atom stereocenters. The van der Waals surface area contributed by atoms with Gasteiger partial charge in [0.15, 0.2) is 0 Å². The van der Waals surface area contributed by atoms with E-state index in [1.807, 2.05) is 18.2 Å². The van der Waals surface area contributed by atoms with E-state index in [1.165, 1.54) is 0 Å². The summed E-state index contributed by atoms with van der Waals surface area (Å²) in [5, 5.41) is 0. The first-order valence-electron chi connectivity index (χ1n) is 2.48. The molecule has 0 bridgehead atoms. The molecule has 7 heteroatoms. The van der Waals surface area contributed by atoms with Crippen LogP contribution in [0, 0.1) is 14.1 Å². The number of hydrogen-bond donors (Lipinski definition) is 1. The van der Waals surface area contributed by atoms with Gasteiger partial charge in [0.2, 0.25) is 0 Å². The van der Waals surface area contributed by atoms with Crippen LogP contribution in [0.2, 0.25) is 0 Å². The fourth-order valence-electron chi connectivity index (χ4n) is 0.313. The quantitative estimate of drug-likeness (QED) is 0.572.